The van der Waals surface area contributed by atoms with Crippen LogP contribution in [0.25, 0.3) is 0 Å². The van der Waals surface area contributed by atoms with Gasteiger partial charge in [-0.15, -0.1) is 0 Å². The molecule has 0 aromatic heterocycles. The predicted octanol–water partition coefficient (Wildman–Crippen LogP) is 3.92. The van der Waals surface area contributed by atoms with Crippen molar-refractivity contribution in [2.45, 2.75) is 32.6 Å². The van der Waals surface area contributed by atoms with Gasteiger partial charge in [-0.25, -0.2) is 0 Å². The Morgan fingerprint density at radius 3 is 2.79 bits per heavy atom. The van der Waals surface area contributed by atoms with Gasteiger partial charge in [-0.3, -0.25) is 0 Å². The van der Waals surface area contributed by atoms with Crippen LogP contribution in [0, 0.1) is 5.92 Å². The zero-order valence-electron chi connectivity index (χ0n) is 12.1. The number of rotatable bonds is 10. The molecule has 1 aromatic rings. The molecule has 0 heterocycles. The second kappa shape index (κ2) is 10.2. The minimum absolute atomic E-state index is 0.626. The van der Waals surface area contributed by atoms with Crippen molar-refractivity contribution >= 4 is 11.6 Å². The van der Waals surface area contributed by atoms with Crippen molar-refractivity contribution in [3.8, 4) is 0 Å². The lowest BCUT2D eigenvalue weighted by Gasteiger charge is -2.18. The predicted molar refractivity (Wildman–Crippen MR) is 82.9 cm³/mol. The Labute approximate surface area is 122 Å². The molecule has 0 aliphatic heterocycles. The molecule has 0 aliphatic carbocycles. The van der Waals surface area contributed by atoms with E-state index in [0.717, 1.165) is 37.6 Å². The van der Waals surface area contributed by atoms with Crippen LogP contribution >= 0.6 is 11.6 Å². The van der Waals surface area contributed by atoms with Crippen LogP contribution in [0.5, 0.6) is 0 Å². The van der Waals surface area contributed by atoms with Crippen molar-refractivity contribution in [2.24, 2.45) is 5.92 Å². The van der Waals surface area contributed by atoms with Gasteiger partial charge in [0.25, 0.3) is 0 Å². The highest BCUT2D eigenvalue weighted by Crippen LogP contribution is 2.21. The topological polar surface area (TPSA) is 21.3 Å². The first-order valence-corrected chi connectivity index (χ1v) is 7.58. The lowest BCUT2D eigenvalue weighted by atomic mass is 9.94. The molecule has 0 radical (unpaired) electrons. The van der Waals surface area contributed by atoms with Crippen LogP contribution in [-0.2, 0) is 11.2 Å². The van der Waals surface area contributed by atoms with E-state index in [9.17, 15) is 0 Å². The summed E-state index contributed by atoms with van der Waals surface area (Å²) >= 11 is 6.25. The Morgan fingerprint density at radius 2 is 2.11 bits per heavy atom. The molecule has 0 spiro atoms. The quantitative estimate of drug-likeness (QED) is 0.657. The van der Waals surface area contributed by atoms with E-state index in [1.807, 2.05) is 12.1 Å². The highest BCUT2D eigenvalue weighted by Gasteiger charge is 2.11. The van der Waals surface area contributed by atoms with Crippen LogP contribution in [0.15, 0.2) is 24.3 Å². The number of hydrogen-bond donors (Lipinski definition) is 1. The fourth-order valence-electron chi connectivity index (χ4n) is 2.25. The van der Waals surface area contributed by atoms with Crippen molar-refractivity contribution in [3.63, 3.8) is 0 Å². The molecule has 19 heavy (non-hydrogen) atoms. The lowest BCUT2D eigenvalue weighted by Crippen LogP contribution is -2.25. The van der Waals surface area contributed by atoms with Crippen molar-refractivity contribution < 1.29 is 4.74 Å². The molecule has 1 rings (SSSR count). The van der Waals surface area contributed by atoms with Crippen LogP contribution in [0.3, 0.4) is 0 Å². The third-order valence-corrected chi connectivity index (χ3v) is 3.66. The van der Waals surface area contributed by atoms with Gasteiger partial charge in [-0.1, -0.05) is 36.7 Å². The zero-order chi connectivity index (χ0) is 13.9. The first-order chi connectivity index (χ1) is 9.27. The summed E-state index contributed by atoms with van der Waals surface area (Å²) in [6, 6.07) is 8.15. The van der Waals surface area contributed by atoms with E-state index < -0.39 is 0 Å². The van der Waals surface area contributed by atoms with E-state index in [0.29, 0.717) is 5.92 Å². The molecule has 1 atom stereocenters. The fraction of sp³-hybridized carbons (Fsp3) is 0.625. The van der Waals surface area contributed by atoms with Crippen molar-refractivity contribution in [2.75, 3.05) is 26.8 Å². The molecule has 0 amide bonds. The number of nitrogens with one attached hydrogen (secondary N) is 1. The summed E-state index contributed by atoms with van der Waals surface area (Å²) in [6.07, 6.45) is 4.51. The van der Waals surface area contributed by atoms with E-state index in [4.69, 9.17) is 16.3 Å². The van der Waals surface area contributed by atoms with Crippen molar-refractivity contribution in [1.82, 2.24) is 5.32 Å². The van der Waals surface area contributed by atoms with Crippen LogP contribution in [-0.4, -0.2) is 26.8 Å². The van der Waals surface area contributed by atoms with E-state index >= 15 is 0 Å². The highest BCUT2D eigenvalue weighted by molar-refractivity contribution is 6.31. The van der Waals surface area contributed by atoms with Crippen LogP contribution in [0.2, 0.25) is 5.02 Å². The maximum atomic E-state index is 6.25. The normalized spacial score (nSPS) is 12.6. The van der Waals surface area contributed by atoms with Gasteiger partial charge in [-0.2, -0.15) is 0 Å². The fourth-order valence-corrected chi connectivity index (χ4v) is 2.46. The maximum Gasteiger partial charge on any atom is 0.0462 e. The number of benzene rings is 1. The van der Waals surface area contributed by atoms with Gasteiger partial charge in [0.2, 0.25) is 0 Å². The Morgan fingerprint density at radius 1 is 1.32 bits per heavy atom. The van der Waals surface area contributed by atoms with Crippen LogP contribution < -0.4 is 5.32 Å². The van der Waals surface area contributed by atoms with Gasteiger partial charge in [0, 0.05) is 18.7 Å². The van der Waals surface area contributed by atoms with Gasteiger partial charge in [0.1, 0.15) is 0 Å². The number of hydrogen-bond acceptors (Lipinski definition) is 2. The second-order valence-electron chi connectivity index (χ2n) is 5.00. The molecule has 1 N–H and O–H groups in total. The van der Waals surface area contributed by atoms with Crippen molar-refractivity contribution in [1.29, 1.82) is 0 Å². The molecular weight excluding hydrogens is 258 g/mol. The summed E-state index contributed by atoms with van der Waals surface area (Å²) in [5.74, 6) is 0.626. The molecule has 0 saturated carbocycles. The summed E-state index contributed by atoms with van der Waals surface area (Å²) in [6.45, 7) is 5.18. The second-order valence-corrected chi connectivity index (χ2v) is 5.41. The molecule has 2 nitrogen and oxygen atoms in total. The SMILES string of the molecule is CCCNCC(CCCOC)Cc1ccccc1Cl. The average Bonchev–Trinajstić information content (AvgIpc) is 2.41. The van der Waals surface area contributed by atoms with E-state index in [1.165, 1.54) is 18.4 Å². The average molecular weight is 284 g/mol. The first-order valence-electron chi connectivity index (χ1n) is 7.21. The molecule has 0 bridgehead atoms. The van der Waals surface area contributed by atoms with Gasteiger partial charge in [0.15, 0.2) is 0 Å². The van der Waals surface area contributed by atoms with Gasteiger partial charge < -0.3 is 10.1 Å². The van der Waals surface area contributed by atoms with Crippen LogP contribution in [0.4, 0.5) is 0 Å². The third-order valence-electron chi connectivity index (χ3n) is 3.29. The van der Waals surface area contributed by atoms with Gasteiger partial charge in [-0.05, 0) is 56.3 Å². The Bertz CT molecular complexity index is 333. The lowest BCUT2D eigenvalue weighted by molar-refractivity contribution is 0.186. The minimum Gasteiger partial charge on any atom is -0.385 e. The zero-order valence-corrected chi connectivity index (χ0v) is 12.9. The molecule has 3 heteroatoms. The standard InChI is InChI=1S/C16H26ClNO/c1-3-10-18-13-14(7-6-11-19-2)12-15-8-4-5-9-16(15)17/h4-5,8-9,14,18H,3,6-7,10-13H2,1-2H3. The number of methoxy groups -OCH3 is 1. The van der Waals surface area contributed by atoms with Gasteiger partial charge in [0.05, 0.1) is 0 Å². The van der Waals surface area contributed by atoms with E-state index in [-0.39, 0.29) is 0 Å². The van der Waals surface area contributed by atoms with E-state index in [1.54, 1.807) is 7.11 Å². The minimum atomic E-state index is 0.626. The largest absolute Gasteiger partial charge is 0.385 e. The smallest absolute Gasteiger partial charge is 0.0462 e. The summed E-state index contributed by atoms with van der Waals surface area (Å²) < 4.78 is 5.15. The Hall–Kier alpha value is -0.570. The third kappa shape index (κ3) is 6.95. The molecular formula is C16H26ClNO. The number of ether oxygens (including phenoxy) is 1. The summed E-state index contributed by atoms with van der Waals surface area (Å²) in [4.78, 5) is 0. The van der Waals surface area contributed by atoms with Crippen molar-refractivity contribution in [3.05, 3.63) is 34.9 Å². The van der Waals surface area contributed by atoms with Gasteiger partial charge >= 0.3 is 0 Å². The maximum absolute atomic E-state index is 6.25. The monoisotopic (exact) mass is 283 g/mol. The molecule has 0 aliphatic rings. The summed E-state index contributed by atoms with van der Waals surface area (Å²) in [7, 11) is 1.76. The first kappa shape index (κ1) is 16.5. The molecule has 0 fully saturated rings. The Kier molecular flexibility index (Phi) is 8.89. The summed E-state index contributed by atoms with van der Waals surface area (Å²) in [5.41, 5.74) is 1.25. The molecule has 1 unspecified atom stereocenters. The Balaban J connectivity index is 2.49. The molecule has 108 valence electrons. The van der Waals surface area contributed by atoms with E-state index in [2.05, 4.69) is 24.4 Å². The number of halogens is 1. The molecule has 1 aromatic carbocycles. The highest BCUT2D eigenvalue weighted by atomic mass is 35.5. The molecule has 0 saturated heterocycles. The summed E-state index contributed by atoms with van der Waals surface area (Å²) in [5, 5.41) is 4.40. The van der Waals surface area contributed by atoms with Crippen LogP contribution in [0.1, 0.15) is 31.7 Å².